The van der Waals surface area contributed by atoms with Gasteiger partial charge in [-0.2, -0.15) is 0 Å². The van der Waals surface area contributed by atoms with Gasteiger partial charge in [0.2, 0.25) is 5.91 Å². The molecular formula is C17H16N2O5. The molecule has 7 nitrogen and oxygen atoms in total. The highest BCUT2D eigenvalue weighted by atomic mass is 16.6. The summed E-state index contributed by atoms with van der Waals surface area (Å²) >= 11 is 0. The zero-order chi connectivity index (χ0) is 17.5. The standard InChI is InChI=1S/C17H16N2O5/c1-23-14-5-3-4-12(10-14)6-9-17(20)18-15-11-13(19(21)22)7-8-16(15)24-2/h3-11H,1-2H3,(H,18,20)/b9-6+. The summed E-state index contributed by atoms with van der Waals surface area (Å²) in [6.45, 7) is 0. The van der Waals surface area contributed by atoms with Gasteiger partial charge in [-0.3, -0.25) is 14.9 Å². The Hall–Kier alpha value is -3.35. The summed E-state index contributed by atoms with van der Waals surface area (Å²) < 4.78 is 10.2. The number of carbonyl (C=O) groups is 1. The van der Waals surface area contributed by atoms with Crippen LogP contribution in [0.4, 0.5) is 11.4 Å². The average Bonchev–Trinajstić information content (AvgIpc) is 2.60. The van der Waals surface area contributed by atoms with Crippen LogP contribution in [0, 0.1) is 10.1 Å². The third kappa shape index (κ3) is 4.33. The number of hydrogen-bond donors (Lipinski definition) is 1. The van der Waals surface area contributed by atoms with Gasteiger partial charge in [-0.05, 0) is 29.8 Å². The Bertz CT molecular complexity index is 786. The molecule has 0 aliphatic carbocycles. The van der Waals surface area contributed by atoms with Crippen molar-refractivity contribution in [1.29, 1.82) is 0 Å². The zero-order valence-corrected chi connectivity index (χ0v) is 13.2. The maximum Gasteiger partial charge on any atom is 0.271 e. The molecular weight excluding hydrogens is 312 g/mol. The van der Waals surface area contributed by atoms with Crippen molar-refractivity contribution in [2.24, 2.45) is 0 Å². The number of nitro groups is 1. The van der Waals surface area contributed by atoms with Crippen molar-refractivity contribution in [3.05, 3.63) is 64.2 Å². The van der Waals surface area contributed by atoms with Crippen LogP contribution < -0.4 is 14.8 Å². The molecule has 0 atom stereocenters. The number of benzene rings is 2. The molecule has 0 spiro atoms. The van der Waals surface area contributed by atoms with Crippen LogP contribution in [0.25, 0.3) is 6.08 Å². The smallest absolute Gasteiger partial charge is 0.271 e. The van der Waals surface area contributed by atoms with Gasteiger partial charge >= 0.3 is 0 Å². The number of non-ortho nitro benzene ring substituents is 1. The Morgan fingerprint density at radius 3 is 2.62 bits per heavy atom. The molecule has 0 heterocycles. The molecule has 0 saturated carbocycles. The van der Waals surface area contributed by atoms with E-state index in [9.17, 15) is 14.9 Å². The number of ether oxygens (including phenoxy) is 2. The fraction of sp³-hybridized carbons (Fsp3) is 0.118. The summed E-state index contributed by atoms with van der Waals surface area (Å²) in [5.41, 5.74) is 0.880. The summed E-state index contributed by atoms with van der Waals surface area (Å²) in [6, 6.07) is 11.2. The minimum atomic E-state index is -0.540. The van der Waals surface area contributed by atoms with Gasteiger partial charge in [0.15, 0.2) is 0 Å². The molecule has 2 aromatic carbocycles. The Labute approximate surface area is 138 Å². The van der Waals surface area contributed by atoms with Crippen LogP contribution >= 0.6 is 0 Å². The van der Waals surface area contributed by atoms with Gasteiger partial charge in [-0.15, -0.1) is 0 Å². The van der Waals surface area contributed by atoms with Crippen molar-refractivity contribution in [2.45, 2.75) is 0 Å². The second kappa shape index (κ2) is 7.77. The van der Waals surface area contributed by atoms with Crippen molar-refractivity contribution >= 4 is 23.4 Å². The lowest BCUT2D eigenvalue weighted by Crippen LogP contribution is -2.09. The number of nitrogens with zero attached hydrogens (tertiary/aromatic N) is 1. The first-order valence-electron chi connectivity index (χ1n) is 6.99. The Balaban J connectivity index is 2.15. The predicted molar refractivity (Wildman–Crippen MR) is 90.3 cm³/mol. The van der Waals surface area contributed by atoms with Gasteiger partial charge in [-0.1, -0.05) is 12.1 Å². The van der Waals surface area contributed by atoms with E-state index in [0.29, 0.717) is 11.5 Å². The van der Waals surface area contributed by atoms with Crippen LogP contribution in [-0.4, -0.2) is 25.1 Å². The minimum Gasteiger partial charge on any atom is -0.497 e. The van der Waals surface area contributed by atoms with E-state index in [2.05, 4.69) is 5.32 Å². The number of amides is 1. The fourth-order valence-electron chi connectivity index (χ4n) is 2.00. The summed E-state index contributed by atoms with van der Waals surface area (Å²) in [6.07, 6.45) is 2.94. The molecule has 0 unspecified atom stereocenters. The third-order valence-corrected chi connectivity index (χ3v) is 3.17. The molecule has 0 bridgehead atoms. The average molecular weight is 328 g/mol. The van der Waals surface area contributed by atoms with Crippen LogP contribution in [0.1, 0.15) is 5.56 Å². The van der Waals surface area contributed by atoms with E-state index in [-0.39, 0.29) is 11.4 Å². The van der Waals surface area contributed by atoms with Gasteiger partial charge < -0.3 is 14.8 Å². The maximum atomic E-state index is 12.0. The van der Waals surface area contributed by atoms with Crippen LogP contribution in [-0.2, 0) is 4.79 Å². The quantitative estimate of drug-likeness (QED) is 0.499. The molecule has 0 saturated heterocycles. The van der Waals surface area contributed by atoms with Gasteiger partial charge in [0, 0.05) is 18.2 Å². The fourth-order valence-corrected chi connectivity index (χ4v) is 2.00. The molecule has 1 amide bonds. The number of rotatable bonds is 6. The Morgan fingerprint density at radius 2 is 1.96 bits per heavy atom. The van der Waals surface area contributed by atoms with E-state index < -0.39 is 10.8 Å². The summed E-state index contributed by atoms with van der Waals surface area (Å²) in [4.78, 5) is 22.3. The number of carbonyl (C=O) groups excluding carboxylic acids is 1. The SMILES string of the molecule is COc1cccc(/C=C/C(=O)Nc2cc([N+](=O)[O-])ccc2OC)c1. The number of nitrogens with one attached hydrogen (secondary N) is 1. The van der Waals surface area contributed by atoms with Crippen molar-refractivity contribution in [1.82, 2.24) is 0 Å². The molecule has 0 radical (unpaired) electrons. The van der Waals surface area contributed by atoms with Crippen molar-refractivity contribution < 1.29 is 19.2 Å². The molecule has 7 heteroatoms. The van der Waals surface area contributed by atoms with Gasteiger partial charge in [0.05, 0.1) is 24.8 Å². The number of hydrogen-bond acceptors (Lipinski definition) is 5. The van der Waals surface area contributed by atoms with Crippen LogP contribution in [0.3, 0.4) is 0 Å². The molecule has 0 aliphatic rings. The van der Waals surface area contributed by atoms with E-state index >= 15 is 0 Å². The highest BCUT2D eigenvalue weighted by Gasteiger charge is 2.12. The third-order valence-electron chi connectivity index (χ3n) is 3.17. The van der Waals surface area contributed by atoms with Crippen molar-refractivity contribution in [3.63, 3.8) is 0 Å². The lowest BCUT2D eigenvalue weighted by molar-refractivity contribution is -0.384. The van der Waals surface area contributed by atoms with Crippen LogP contribution in [0.2, 0.25) is 0 Å². The monoisotopic (exact) mass is 328 g/mol. The van der Waals surface area contributed by atoms with Gasteiger partial charge in [0.1, 0.15) is 11.5 Å². The van der Waals surface area contributed by atoms with E-state index in [1.54, 1.807) is 31.4 Å². The molecule has 2 rings (SSSR count). The molecule has 2 aromatic rings. The van der Waals surface area contributed by atoms with E-state index in [0.717, 1.165) is 5.56 Å². The van der Waals surface area contributed by atoms with Crippen LogP contribution in [0.15, 0.2) is 48.5 Å². The first-order chi connectivity index (χ1) is 11.5. The largest absolute Gasteiger partial charge is 0.497 e. The first kappa shape index (κ1) is 17.0. The van der Waals surface area contributed by atoms with E-state index in [1.807, 2.05) is 6.07 Å². The molecule has 0 aliphatic heterocycles. The highest BCUT2D eigenvalue weighted by Crippen LogP contribution is 2.28. The minimum absolute atomic E-state index is 0.136. The lowest BCUT2D eigenvalue weighted by atomic mass is 10.2. The highest BCUT2D eigenvalue weighted by molar-refractivity contribution is 6.03. The number of anilines is 1. The van der Waals surface area contributed by atoms with Crippen LogP contribution in [0.5, 0.6) is 11.5 Å². The zero-order valence-electron chi connectivity index (χ0n) is 13.2. The topological polar surface area (TPSA) is 90.7 Å². The number of nitro benzene ring substituents is 1. The summed E-state index contributed by atoms with van der Waals surface area (Å²) in [5, 5.41) is 13.4. The molecule has 0 aromatic heterocycles. The lowest BCUT2D eigenvalue weighted by Gasteiger charge is -2.08. The maximum absolute atomic E-state index is 12.0. The molecule has 0 fully saturated rings. The van der Waals surface area contributed by atoms with E-state index in [1.165, 1.54) is 31.4 Å². The van der Waals surface area contributed by atoms with Gasteiger partial charge in [-0.25, -0.2) is 0 Å². The second-order valence-electron chi connectivity index (χ2n) is 4.74. The van der Waals surface area contributed by atoms with E-state index in [4.69, 9.17) is 9.47 Å². The summed E-state index contributed by atoms with van der Waals surface area (Å²) in [7, 11) is 2.98. The van der Waals surface area contributed by atoms with Crippen molar-refractivity contribution in [2.75, 3.05) is 19.5 Å². The first-order valence-corrected chi connectivity index (χ1v) is 6.99. The van der Waals surface area contributed by atoms with Crippen molar-refractivity contribution in [3.8, 4) is 11.5 Å². The molecule has 24 heavy (non-hydrogen) atoms. The second-order valence-corrected chi connectivity index (χ2v) is 4.74. The van der Waals surface area contributed by atoms with Gasteiger partial charge in [0.25, 0.3) is 5.69 Å². The molecule has 1 N–H and O–H groups in total. The molecule has 124 valence electrons. The Kier molecular flexibility index (Phi) is 5.51. The predicted octanol–water partition coefficient (Wildman–Crippen LogP) is 3.26. The normalized spacial score (nSPS) is 10.4. The number of methoxy groups -OCH3 is 2. The Morgan fingerprint density at radius 1 is 1.17 bits per heavy atom. The summed E-state index contributed by atoms with van der Waals surface area (Å²) in [5.74, 6) is 0.582.